The van der Waals surface area contributed by atoms with E-state index in [1.165, 1.54) is 12.1 Å². The van der Waals surface area contributed by atoms with Gasteiger partial charge in [0.15, 0.2) is 5.75 Å². The Morgan fingerprint density at radius 1 is 1.19 bits per heavy atom. The van der Waals surface area contributed by atoms with Gasteiger partial charge in [0.2, 0.25) is 0 Å². The zero-order chi connectivity index (χ0) is 15.6. The molecule has 2 aromatic carbocycles. The van der Waals surface area contributed by atoms with Crippen LogP contribution in [0.1, 0.15) is 15.9 Å². The van der Waals surface area contributed by atoms with E-state index in [1.54, 1.807) is 18.2 Å². The lowest BCUT2D eigenvalue weighted by Crippen LogP contribution is -1.94. The summed E-state index contributed by atoms with van der Waals surface area (Å²) >= 11 is 6.51. The van der Waals surface area contributed by atoms with Crippen LogP contribution in [0.5, 0.6) is 11.5 Å². The first-order valence-corrected chi connectivity index (χ1v) is 7.38. The molecule has 0 saturated carbocycles. The van der Waals surface area contributed by atoms with Crippen molar-refractivity contribution in [1.82, 2.24) is 0 Å². The third-order valence-corrected chi connectivity index (χ3v) is 3.93. The predicted molar refractivity (Wildman–Crippen MR) is 85.1 cm³/mol. The van der Waals surface area contributed by atoms with E-state index < -0.39 is 4.92 Å². The number of aryl methyl sites for hydroxylation is 1. The van der Waals surface area contributed by atoms with Crippen LogP contribution in [0, 0.1) is 17.0 Å². The minimum atomic E-state index is -0.489. The zero-order valence-electron chi connectivity index (χ0n) is 10.8. The van der Waals surface area contributed by atoms with Gasteiger partial charge in [0, 0.05) is 17.7 Å². The number of nitro groups is 1. The highest BCUT2D eigenvalue weighted by Gasteiger charge is 2.16. The molecule has 0 heterocycles. The first kappa shape index (κ1) is 15.7. The summed E-state index contributed by atoms with van der Waals surface area (Å²) in [6.07, 6.45) is 0.728. The van der Waals surface area contributed by atoms with Crippen LogP contribution < -0.4 is 4.74 Å². The van der Waals surface area contributed by atoms with Gasteiger partial charge >= 0.3 is 0 Å². The van der Waals surface area contributed by atoms with Crippen molar-refractivity contribution in [3.8, 4) is 11.5 Å². The molecule has 0 aliphatic rings. The Kier molecular flexibility index (Phi) is 4.74. The highest BCUT2D eigenvalue weighted by Crippen LogP contribution is 2.40. The molecule has 0 atom stereocenters. The van der Waals surface area contributed by atoms with Crippen molar-refractivity contribution in [3.63, 3.8) is 0 Å². The van der Waals surface area contributed by atoms with Crippen LogP contribution in [0.15, 0.2) is 39.3 Å². The number of rotatable bonds is 4. The van der Waals surface area contributed by atoms with Crippen molar-refractivity contribution >= 4 is 43.8 Å². The molecular weight excluding hydrogens is 406 g/mol. The number of carbonyl (C=O) groups excluding carboxylic acids is 1. The average molecular weight is 415 g/mol. The largest absolute Gasteiger partial charge is 0.455 e. The summed E-state index contributed by atoms with van der Waals surface area (Å²) in [5.74, 6) is 0.918. The Balaban J connectivity index is 2.45. The van der Waals surface area contributed by atoms with Gasteiger partial charge in [-0.25, -0.2) is 0 Å². The molecule has 0 saturated heterocycles. The molecule has 0 aromatic heterocycles. The second-order valence-corrected chi connectivity index (χ2v) is 5.95. The number of ether oxygens (including phenoxy) is 1. The van der Waals surface area contributed by atoms with E-state index in [2.05, 4.69) is 31.9 Å². The molecule has 0 amide bonds. The van der Waals surface area contributed by atoms with Crippen LogP contribution in [-0.4, -0.2) is 11.2 Å². The summed E-state index contributed by atoms with van der Waals surface area (Å²) < 4.78 is 6.66. The van der Waals surface area contributed by atoms with Crippen molar-refractivity contribution in [2.45, 2.75) is 6.92 Å². The van der Waals surface area contributed by atoms with Crippen LogP contribution in [0.3, 0.4) is 0 Å². The number of nitrogens with zero attached hydrogens (tertiary/aromatic N) is 1. The van der Waals surface area contributed by atoms with Gasteiger partial charge in [-0.3, -0.25) is 14.9 Å². The average Bonchev–Trinajstić information content (AvgIpc) is 2.44. The maximum absolute atomic E-state index is 10.8. The van der Waals surface area contributed by atoms with E-state index in [1.807, 2.05) is 6.92 Å². The molecular formula is C14H9Br2NO4. The molecule has 0 fully saturated rings. The Morgan fingerprint density at radius 3 is 2.33 bits per heavy atom. The van der Waals surface area contributed by atoms with Gasteiger partial charge in [0.05, 0.1) is 13.9 Å². The Bertz CT molecular complexity index is 708. The molecule has 21 heavy (non-hydrogen) atoms. The third-order valence-electron chi connectivity index (χ3n) is 2.75. The summed E-state index contributed by atoms with van der Waals surface area (Å²) in [4.78, 5) is 21.1. The van der Waals surface area contributed by atoms with Crippen LogP contribution in [-0.2, 0) is 0 Å². The van der Waals surface area contributed by atoms with Gasteiger partial charge in [-0.2, -0.15) is 0 Å². The number of nitro benzene ring substituents is 1. The van der Waals surface area contributed by atoms with Gasteiger partial charge < -0.3 is 4.74 Å². The predicted octanol–water partition coefficient (Wildman–Crippen LogP) is 5.03. The van der Waals surface area contributed by atoms with Gasteiger partial charge in [-0.05, 0) is 50.4 Å². The topological polar surface area (TPSA) is 69.4 Å². The first-order chi connectivity index (χ1) is 9.92. The third kappa shape index (κ3) is 3.48. The molecule has 0 aliphatic heterocycles. The van der Waals surface area contributed by atoms with Gasteiger partial charge in [0.1, 0.15) is 12.0 Å². The van der Waals surface area contributed by atoms with Crippen LogP contribution in [0.25, 0.3) is 0 Å². The maximum Gasteiger partial charge on any atom is 0.271 e. The zero-order valence-corrected chi connectivity index (χ0v) is 14.0. The molecule has 108 valence electrons. The van der Waals surface area contributed by atoms with Crippen LogP contribution in [0.4, 0.5) is 5.69 Å². The molecule has 0 unspecified atom stereocenters. The Hall–Kier alpha value is -1.73. The molecule has 2 aromatic rings. The number of carbonyl (C=O) groups is 1. The van der Waals surface area contributed by atoms with E-state index in [0.717, 1.165) is 11.8 Å². The second kappa shape index (κ2) is 6.36. The number of halogens is 2. The smallest absolute Gasteiger partial charge is 0.271 e. The van der Waals surface area contributed by atoms with Gasteiger partial charge in [-0.15, -0.1) is 0 Å². The van der Waals surface area contributed by atoms with Crippen molar-refractivity contribution in [2.24, 2.45) is 0 Å². The summed E-state index contributed by atoms with van der Waals surface area (Å²) in [6.45, 7) is 1.84. The monoisotopic (exact) mass is 413 g/mol. The summed E-state index contributed by atoms with van der Waals surface area (Å²) in [7, 11) is 0. The molecule has 7 heteroatoms. The maximum atomic E-state index is 10.8. The molecule has 2 rings (SSSR count). The fraction of sp³-hybridized carbons (Fsp3) is 0.0714. The quantitative estimate of drug-likeness (QED) is 0.399. The van der Waals surface area contributed by atoms with Gasteiger partial charge in [-0.1, -0.05) is 12.1 Å². The summed E-state index contributed by atoms with van der Waals surface area (Å²) in [6, 6.07) is 7.79. The summed E-state index contributed by atoms with van der Waals surface area (Å²) in [5.41, 5.74) is 1.28. The number of aldehydes is 1. The highest BCUT2D eigenvalue weighted by molar-refractivity contribution is 9.11. The number of hydrogen-bond donors (Lipinski definition) is 0. The van der Waals surface area contributed by atoms with Crippen molar-refractivity contribution in [1.29, 1.82) is 0 Å². The van der Waals surface area contributed by atoms with E-state index >= 15 is 0 Å². The molecule has 0 bridgehead atoms. The minimum Gasteiger partial charge on any atom is -0.455 e. The lowest BCUT2D eigenvalue weighted by molar-refractivity contribution is -0.385. The van der Waals surface area contributed by atoms with Gasteiger partial charge in [0.25, 0.3) is 5.69 Å². The lowest BCUT2D eigenvalue weighted by Gasteiger charge is -2.12. The molecule has 0 spiro atoms. The normalized spacial score (nSPS) is 10.2. The van der Waals surface area contributed by atoms with E-state index in [0.29, 0.717) is 26.0 Å². The Labute approximate surface area is 137 Å². The van der Waals surface area contributed by atoms with E-state index in [-0.39, 0.29) is 5.69 Å². The minimum absolute atomic E-state index is 0.0561. The molecule has 0 radical (unpaired) electrons. The van der Waals surface area contributed by atoms with Crippen LogP contribution >= 0.6 is 31.9 Å². The highest BCUT2D eigenvalue weighted by atomic mass is 79.9. The van der Waals surface area contributed by atoms with Crippen molar-refractivity contribution in [3.05, 3.63) is 60.5 Å². The molecule has 0 N–H and O–H groups in total. The van der Waals surface area contributed by atoms with E-state index in [4.69, 9.17) is 4.74 Å². The Morgan fingerprint density at radius 2 is 1.81 bits per heavy atom. The second-order valence-electron chi connectivity index (χ2n) is 4.24. The lowest BCUT2D eigenvalue weighted by atomic mass is 10.1. The fourth-order valence-corrected chi connectivity index (χ4v) is 2.98. The van der Waals surface area contributed by atoms with Crippen molar-refractivity contribution in [2.75, 3.05) is 0 Å². The van der Waals surface area contributed by atoms with Crippen molar-refractivity contribution < 1.29 is 14.5 Å². The number of benzene rings is 2. The number of hydrogen-bond acceptors (Lipinski definition) is 4. The molecule has 5 nitrogen and oxygen atoms in total. The SMILES string of the molecule is Cc1ccc(C=O)cc1Oc1c(Br)cc([N+](=O)[O-])cc1Br. The summed E-state index contributed by atoms with van der Waals surface area (Å²) in [5, 5.41) is 10.8. The fourth-order valence-electron chi connectivity index (χ4n) is 1.66. The van der Waals surface area contributed by atoms with Crippen LogP contribution in [0.2, 0.25) is 0 Å². The first-order valence-electron chi connectivity index (χ1n) is 5.79. The molecule has 0 aliphatic carbocycles. The standard InChI is InChI=1S/C14H9Br2NO4/c1-8-2-3-9(7-18)4-13(8)21-14-11(15)5-10(17(19)20)6-12(14)16/h2-7H,1H3. The number of non-ortho nitro benzene ring substituents is 1. The van der Waals surface area contributed by atoms with E-state index in [9.17, 15) is 14.9 Å².